The summed E-state index contributed by atoms with van der Waals surface area (Å²) in [6.07, 6.45) is 8.80. The highest BCUT2D eigenvalue weighted by Gasteiger charge is 2.51. The van der Waals surface area contributed by atoms with Crippen LogP contribution in [-0.2, 0) is 25.7 Å². The summed E-state index contributed by atoms with van der Waals surface area (Å²) in [4.78, 5) is 13.5. The van der Waals surface area contributed by atoms with Crippen LogP contribution in [0.4, 0.5) is 62.6 Å². The average molecular weight is 954 g/mol. The molecule has 0 aromatic heterocycles. The van der Waals surface area contributed by atoms with Crippen LogP contribution in [0.2, 0.25) is 0 Å². The molecule has 17 rings (SSSR count). The van der Waals surface area contributed by atoms with Gasteiger partial charge >= 0.3 is 0 Å². The molecule has 354 valence electrons. The standard InChI is InChI=1S/C66H53B2N5O/c1-5-19-42(20-6-1)43-33-34-52-58(39-43)74-66-50-30-18-38-70-37-17-29-49(62(50)70)65-60(66)68(52)54-40-53-56(41-57(54)73(65)46-25-11-4-12-26-46)72(45-23-9-3-10-24-45)64-48-28-16-36-69-35-15-27-47(61(48)69)63-59(64)67(53)51-31-13-14-32-55(51)71(63)44-21-7-2-8-22-44/h1-14,19-26,31-34,39-41H,15-18,27-30,35-38H2. The van der Waals surface area contributed by atoms with Crippen molar-refractivity contribution < 1.29 is 4.74 Å². The van der Waals surface area contributed by atoms with E-state index in [1.807, 2.05) is 0 Å². The molecule has 9 aromatic carbocycles. The predicted octanol–water partition coefficient (Wildman–Crippen LogP) is 11.2. The van der Waals surface area contributed by atoms with Gasteiger partial charge in [-0.15, -0.1) is 0 Å². The first-order valence-corrected chi connectivity index (χ1v) is 27.4. The van der Waals surface area contributed by atoms with E-state index in [1.165, 1.54) is 129 Å². The Morgan fingerprint density at radius 2 is 0.797 bits per heavy atom. The fraction of sp³-hybridized carbons (Fsp3) is 0.182. The van der Waals surface area contributed by atoms with Gasteiger partial charge in [-0.3, -0.25) is 0 Å². The summed E-state index contributed by atoms with van der Waals surface area (Å²) < 4.78 is 7.58. The molecule has 6 nitrogen and oxygen atoms in total. The smallest absolute Gasteiger partial charge is 0.256 e. The van der Waals surface area contributed by atoms with E-state index in [2.05, 4.69) is 200 Å². The molecule has 0 N–H and O–H groups in total. The zero-order chi connectivity index (χ0) is 48.2. The monoisotopic (exact) mass is 953 g/mol. The van der Waals surface area contributed by atoms with E-state index in [-0.39, 0.29) is 13.4 Å². The van der Waals surface area contributed by atoms with Crippen molar-refractivity contribution in [2.45, 2.75) is 51.4 Å². The summed E-state index contributed by atoms with van der Waals surface area (Å²) >= 11 is 0. The third-order valence-corrected chi connectivity index (χ3v) is 18.0. The van der Waals surface area contributed by atoms with Gasteiger partial charge in [0.05, 0.1) is 5.69 Å². The lowest BCUT2D eigenvalue weighted by atomic mass is 9.30. The summed E-state index contributed by atoms with van der Waals surface area (Å²) in [6, 6.07) is 66.6. The zero-order valence-electron chi connectivity index (χ0n) is 41.5. The lowest BCUT2D eigenvalue weighted by molar-refractivity contribution is 0.475. The fourth-order valence-electron chi connectivity index (χ4n) is 15.3. The van der Waals surface area contributed by atoms with Crippen LogP contribution in [0, 0.1) is 0 Å². The zero-order valence-corrected chi connectivity index (χ0v) is 41.5. The van der Waals surface area contributed by atoms with Crippen molar-refractivity contribution in [2.24, 2.45) is 0 Å². The maximum atomic E-state index is 7.58. The van der Waals surface area contributed by atoms with Crippen molar-refractivity contribution >= 4 is 109 Å². The minimum Gasteiger partial charge on any atom is -0.458 e. The van der Waals surface area contributed by atoms with Crippen LogP contribution in [0.25, 0.3) is 11.1 Å². The van der Waals surface area contributed by atoms with Gasteiger partial charge in [-0.2, -0.15) is 0 Å². The maximum absolute atomic E-state index is 7.58. The molecule has 8 heterocycles. The molecule has 8 aliphatic heterocycles. The van der Waals surface area contributed by atoms with Gasteiger partial charge < -0.3 is 29.2 Å². The molecule has 0 aliphatic carbocycles. The Bertz CT molecular complexity index is 3830. The highest BCUT2D eigenvalue weighted by molar-refractivity contribution is 7.03. The molecule has 0 unspecified atom stereocenters. The lowest BCUT2D eigenvalue weighted by Gasteiger charge is -2.50. The van der Waals surface area contributed by atoms with Crippen LogP contribution in [-0.4, -0.2) is 39.6 Å². The second-order valence-electron chi connectivity index (χ2n) is 21.8. The molecule has 0 bridgehead atoms. The van der Waals surface area contributed by atoms with Crippen molar-refractivity contribution in [2.75, 3.05) is 50.7 Å². The summed E-state index contributed by atoms with van der Waals surface area (Å²) in [5, 5.41) is 0. The molecule has 8 aliphatic rings. The number of rotatable bonds is 4. The predicted molar refractivity (Wildman–Crippen MR) is 309 cm³/mol. The van der Waals surface area contributed by atoms with Crippen LogP contribution in [0.3, 0.4) is 0 Å². The number of hydrogen-bond donors (Lipinski definition) is 0. The van der Waals surface area contributed by atoms with E-state index in [0.29, 0.717) is 0 Å². The summed E-state index contributed by atoms with van der Waals surface area (Å²) in [5.74, 6) is 2.07. The van der Waals surface area contributed by atoms with E-state index in [9.17, 15) is 0 Å². The number of benzene rings is 9. The lowest BCUT2D eigenvalue weighted by Crippen LogP contribution is -2.65. The van der Waals surface area contributed by atoms with Crippen LogP contribution in [0.1, 0.15) is 47.9 Å². The number of fused-ring (bicyclic) bond motifs is 12. The normalized spacial score (nSPS) is 16.7. The molecule has 0 saturated heterocycles. The first kappa shape index (κ1) is 41.4. The molecule has 0 fully saturated rings. The second kappa shape index (κ2) is 15.7. The molecular formula is C66H53B2N5O. The Hall–Kier alpha value is -8.09. The Kier molecular flexibility index (Phi) is 8.79. The summed E-state index contributed by atoms with van der Waals surface area (Å²) in [6.45, 7) is 4.35. The molecule has 0 spiro atoms. The molecule has 9 aromatic rings. The highest BCUT2D eigenvalue weighted by atomic mass is 16.5. The Labute approximate surface area is 434 Å². The van der Waals surface area contributed by atoms with Gasteiger partial charge in [0.2, 0.25) is 0 Å². The molecule has 74 heavy (non-hydrogen) atoms. The highest BCUT2D eigenvalue weighted by Crippen LogP contribution is 2.56. The third-order valence-electron chi connectivity index (χ3n) is 18.0. The van der Waals surface area contributed by atoms with Gasteiger partial charge in [0, 0.05) is 88.6 Å². The Morgan fingerprint density at radius 3 is 1.36 bits per heavy atom. The number of nitrogens with zero attached hydrogens (tertiary/aromatic N) is 5. The van der Waals surface area contributed by atoms with Crippen molar-refractivity contribution in [3.8, 4) is 22.6 Å². The summed E-state index contributed by atoms with van der Waals surface area (Å²) in [5.41, 5.74) is 30.9. The van der Waals surface area contributed by atoms with Crippen molar-refractivity contribution in [3.05, 3.63) is 198 Å². The minimum atomic E-state index is -0.0448. The quantitative estimate of drug-likeness (QED) is 0.163. The topological polar surface area (TPSA) is 25.4 Å². The summed E-state index contributed by atoms with van der Waals surface area (Å²) in [7, 11) is 0. The van der Waals surface area contributed by atoms with Gasteiger partial charge in [-0.05, 0) is 167 Å². The van der Waals surface area contributed by atoms with E-state index >= 15 is 0 Å². The number of ether oxygens (including phenoxy) is 1. The first-order valence-electron chi connectivity index (χ1n) is 27.4. The molecule has 0 atom stereocenters. The van der Waals surface area contributed by atoms with Crippen molar-refractivity contribution in [1.29, 1.82) is 0 Å². The number of anilines is 11. The van der Waals surface area contributed by atoms with Crippen molar-refractivity contribution in [3.63, 3.8) is 0 Å². The maximum Gasteiger partial charge on any atom is 0.256 e. The Morgan fingerprint density at radius 1 is 0.338 bits per heavy atom. The van der Waals surface area contributed by atoms with Gasteiger partial charge in [0.25, 0.3) is 13.4 Å². The molecule has 0 amide bonds. The molecular weight excluding hydrogens is 900 g/mol. The minimum absolute atomic E-state index is 0.000615. The van der Waals surface area contributed by atoms with E-state index < -0.39 is 0 Å². The van der Waals surface area contributed by atoms with Crippen molar-refractivity contribution in [1.82, 2.24) is 0 Å². The Balaban J connectivity index is 1.02. The van der Waals surface area contributed by atoms with Crippen LogP contribution < -0.4 is 62.0 Å². The van der Waals surface area contributed by atoms with Gasteiger partial charge in [0.1, 0.15) is 11.5 Å². The largest absolute Gasteiger partial charge is 0.458 e. The fourth-order valence-corrected chi connectivity index (χ4v) is 15.3. The van der Waals surface area contributed by atoms with Gasteiger partial charge in [-0.1, -0.05) is 121 Å². The SMILES string of the molecule is c1ccc(-c2ccc3c(c2)Oc2c4c5c(c6c2B3c2cc3c(cc2N6c2ccccc2)N(c2ccccc2)c2c6c7c(c8c2B3c2ccccc2N8c2ccccc2)CCCN7CCC6)CCCN5CCC4)cc1. The average Bonchev–Trinajstić information content (AvgIpc) is 3.63. The van der Waals surface area contributed by atoms with Crippen LogP contribution in [0.15, 0.2) is 176 Å². The number of hydrogen-bond acceptors (Lipinski definition) is 6. The molecule has 0 radical (unpaired) electrons. The van der Waals surface area contributed by atoms with Gasteiger partial charge in [-0.25, -0.2) is 0 Å². The molecule has 8 heteroatoms. The second-order valence-corrected chi connectivity index (χ2v) is 21.8. The van der Waals surface area contributed by atoms with E-state index in [0.717, 1.165) is 89.0 Å². The molecule has 0 saturated carbocycles. The third kappa shape index (κ3) is 5.63. The van der Waals surface area contributed by atoms with Crippen LogP contribution in [0.5, 0.6) is 11.5 Å². The van der Waals surface area contributed by atoms with E-state index in [1.54, 1.807) is 0 Å². The number of para-hydroxylation sites is 4. The first-order chi connectivity index (χ1) is 36.8. The van der Waals surface area contributed by atoms with Gasteiger partial charge in [0.15, 0.2) is 0 Å². The van der Waals surface area contributed by atoms with E-state index in [4.69, 9.17) is 4.74 Å². The van der Waals surface area contributed by atoms with Crippen LogP contribution >= 0.6 is 0 Å².